The van der Waals surface area contributed by atoms with Crippen LogP contribution in [0.5, 0.6) is 0 Å². The lowest BCUT2D eigenvalue weighted by Crippen LogP contribution is -2.04. The molecule has 0 fully saturated rings. The monoisotopic (exact) mass is 171 g/mol. The summed E-state index contributed by atoms with van der Waals surface area (Å²) in [5.74, 6) is 0. The first-order valence-corrected chi connectivity index (χ1v) is 3.25. The zero-order valence-electron chi connectivity index (χ0n) is 6.15. The lowest BCUT2D eigenvalue weighted by atomic mass is 10.1. The van der Waals surface area contributed by atoms with Crippen LogP contribution >= 0.6 is 0 Å². The molecule has 0 saturated carbocycles. The van der Waals surface area contributed by atoms with Crippen LogP contribution in [-0.4, -0.2) is 0 Å². The number of benzene rings is 1. The summed E-state index contributed by atoms with van der Waals surface area (Å²) in [6.45, 7) is 3.37. The minimum atomic E-state index is -4.32. The van der Waals surface area contributed by atoms with Gasteiger partial charge in [0.2, 0.25) is 0 Å². The van der Waals surface area contributed by atoms with Gasteiger partial charge in [-0.25, -0.2) is 0 Å². The summed E-state index contributed by atoms with van der Waals surface area (Å²) in [4.78, 5) is 0. The molecule has 0 nitrogen and oxygen atoms in total. The maximum Gasteiger partial charge on any atom is 0.417 e. The van der Waals surface area contributed by atoms with Gasteiger partial charge in [0.05, 0.1) is 5.56 Å². The molecular formula is C9H6F3. The normalized spacial score (nSPS) is 11.2. The van der Waals surface area contributed by atoms with Crippen LogP contribution < -0.4 is 0 Å². The second-order valence-electron chi connectivity index (χ2n) is 2.24. The van der Waals surface area contributed by atoms with Gasteiger partial charge in [0.1, 0.15) is 0 Å². The summed E-state index contributed by atoms with van der Waals surface area (Å²) >= 11 is 0. The van der Waals surface area contributed by atoms with Gasteiger partial charge in [0, 0.05) is 0 Å². The van der Waals surface area contributed by atoms with Crippen LogP contribution in [0.3, 0.4) is 0 Å². The molecule has 0 aromatic heterocycles. The maximum atomic E-state index is 12.0. The van der Waals surface area contributed by atoms with Crippen molar-refractivity contribution in [2.24, 2.45) is 0 Å². The third kappa shape index (κ3) is 1.87. The van der Waals surface area contributed by atoms with Gasteiger partial charge < -0.3 is 0 Å². The SMILES string of the molecule is C=Cc1cc[c]c(C(F)(F)F)c1. The van der Waals surface area contributed by atoms with Crippen LogP contribution in [0, 0.1) is 6.07 Å². The number of hydrogen-bond donors (Lipinski definition) is 0. The average Bonchev–Trinajstić information content (AvgIpc) is 2.03. The van der Waals surface area contributed by atoms with Gasteiger partial charge in [-0.05, 0) is 17.7 Å². The van der Waals surface area contributed by atoms with Crippen molar-refractivity contribution in [1.82, 2.24) is 0 Å². The lowest BCUT2D eigenvalue weighted by Gasteiger charge is -2.05. The van der Waals surface area contributed by atoms with Crippen LogP contribution in [0.15, 0.2) is 24.8 Å². The van der Waals surface area contributed by atoms with Gasteiger partial charge in [-0.1, -0.05) is 24.8 Å². The Labute approximate surface area is 68.3 Å². The van der Waals surface area contributed by atoms with E-state index in [1.807, 2.05) is 0 Å². The third-order valence-corrected chi connectivity index (χ3v) is 1.37. The highest BCUT2D eigenvalue weighted by Gasteiger charge is 2.30. The Balaban J connectivity index is 3.10. The third-order valence-electron chi connectivity index (χ3n) is 1.37. The zero-order chi connectivity index (χ0) is 9.19. The number of alkyl halides is 3. The van der Waals surface area contributed by atoms with Gasteiger partial charge >= 0.3 is 6.18 Å². The van der Waals surface area contributed by atoms with Crippen molar-refractivity contribution >= 4 is 6.08 Å². The number of hydrogen-bond acceptors (Lipinski definition) is 0. The molecule has 0 aliphatic carbocycles. The predicted octanol–water partition coefficient (Wildman–Crippen LogP) is 3.15. The molecule has 0 atom stereocenters. The molecule has 0 spiro atoms. The van der Waals surface area contributed by atoms with E-state index >= 15 is 0 Å². The Morgan fingerprint density at radius 3 is 2.58 bits per heavy atom. The minimum Gasteiger partial charge on any atom is -0.166 e. The van der Waals surface area contributed by atoms with Crippen molar-refractivity contribution in [2.75, 3.05) is 0 Å². The molecule has 0 saturated heterocycles. The molecule has 1 rings (SSSR count). The van der Waals surface area contributed by atoms with Gasteiger partial charge in [-0.15, -0.1) is 0 Å². The summed E-state index contributed by atoms with van der Waals surface area (Å²) in [6.07, 6.45) is -2.96. The van der Waals surface area contributed by atoms with Crippen LogP contribution in [0.2, 0.25) is 0 Å². The second kappa shape index (κ2) is 3.01. The van der Waals surface area contributed by atoms with Crippen molar-refractivity contribution in [2.45, 2.75) is 6.18 Å². The lowest BCUT2D eigenvalue weighted by molar-refractivity contribution is -0.137. The fourth-order valence-electron chi connectivity index (χ4n) is 0.775. The average molecular weight is 171 g/mol. The van der Waals surface area contributed by atoms with Crippen molar-refractivity contribution < 1.29 is 13.2 Å². The van der Waals surface area contributed by atoms with Gasteiger partial charge in [0.25, 0.3) is 0 Å². The van der Waals surface area contributed by atoms with Crippen LogP contribution in [0.25, 0.3) is 6.08 Å². The van der Waals surface area contributed by atoms with Gasteiger partial charge in [-0.2, -0.15) is 13.2 Å². The molecule has 0 N–H and O–H groups in total. The van der Waals surface area contributed by atoms with E-state index < -0.39 is 11.7 Å². The Morgan fingerprint density at radius 1 is 1.42 bits per heavy atom. The van der Waals surface area contributed by atoms with Crippen LogP contribution in [0.1, 0.15) is 11.1 Å². The summed E-state index contributed by atoms with van der Waals surface area (Å²) in [7, 11) is 0. The molecule has 63 valence electrons. The first kappa shape index (κ1) is 8.84. The summed E-state index contributed by atoms with van der Waals surface area (Å²) in [5, 5.41) is 0. The summed E-state index contributed by atoms with van der Waals surface area (Å²) in [5.41, 5.74) is -0.319. The van der Waals surface area contributed by atoms with Crippen molar-refractivity contribution in [3.63, 3.8) is 0 Å². The first-order valence-electron chi connectivity index (χ1n) is 3.25. The quantitative estimate of drug-likeness (QED) is 0.608. The fraction of sp³-hybridized carbons (Fsp3) is 0.111. The van der Waals surface area contributed by atoms with E-state index in [2.05, 4.69) is 12.6 Å². The van der Waals surface area contributed by atoms with Gasteiger partial charge in [0.15, 0.2) is 0 Å². The molecule has 1 aromatic rings. The summed E-state index contributed by atoms with van der Waals surface area (Å²) < 4.78 is 36.1. The molecule has 0 aliphatic rings. The minimum absolute atomic E-state index is 0.445. The highest BCUT2D eigenvalue weighted by atomic mass is 19.4. The molecule has 0 heterocycles. The zero-order valence-corrected chi connectivity index (χ0v) is 6.15. The molecule has 1 radical (unpaired) electrons. The van der Waals surface area contributed by atoms with E-state index in [-0.39, 0.29) is 0 Å². The smallest absolute Gasteiger partial charge is 0.166 e. The molecular weight excluding hydrogens is 165 g/mol. The van der Waals surface area contributed by atoms with Gasteiger partial charge in [-0.3, -0.25) is 0 Å². The second-order valence-corrected chi connectivity index (χ2v) is 2.24. The largest absolute Gasteiger partial charge is 0.417 e. The summed E-state index contributed by atoms with van der Waals surface area (Å²) in [6, 6.07) is 5.87. The maximum absolute atomic E-state index is 12.0. The topological polar surface area (TPSA) is 0 Å². The highest BCUT2D eigenvalue weighted by Crippen LogP contribution is 2.29. The van der Waals surface area contributed by atoms with E-state index in [1.165, 1.54) is 18.2 Å². The molecule has 12 heavy (non-hydrogen) atoms. The molecule has 0 amide bonds. The molecule has 0 unspecified atom stereocenters. The van der Waals surface area contributed by atoms with E-state index in [1.54, 1.807) is 0 Å². The first-order chi connectivity index (χ1) is 5.54. The Morgan fingerprint density at radius 2 is 2.08 bits per heavy atom. The van der Waals surface area contributed by atoms with E-state index in [0.29, 0.717) is 5.56 Å². The van der Waals surface area contributed by atoms with Crippen molar-refractivity contribution in [1.29, 1.82) is 0 Å². The molecule has 3 heteroatoms. The van der Waals surface area contributed by atoms with E-state index in [9.17, 15) is 13.2 Å². The van der Waals surface area contributed by atoms with E-state index in [4.69, 9.17) is 0 Å². The fourth-order valence-corrected chi connectivity index (χ4v) is 0.775. The highest BCUT2D eigenvalue weighted by molar-refractivity contribution is 5.48. The number of halogens is 3. The molecule has 1 aromatic carbocycles. The van der Waals surface area contributed by atoms with Crippen LogP contribution in [-0.2, 0) is 6.18 Å². The van der Waals surface area contributed by atoms with E-state index in [0.717, 1.165) is 6.07 Å². The molecule has 0 bridgehead atoms. The van der Waals surface area contributed by atoms with Crippen molar-refractivity contribution in [3.8, 4) is 0 Å². The number of rotatable bonds is 1. The predicted molar refractivity (Wildman–Crippen MR) is 40.4 cm³/mol. The Kier molecular flexibility index (Phi) is 2.22. The van der Waals surface area contributed by atoms with Crippen molar-refractivity contribution in [3.05, 3.63) is 42.0 Å². The Bertz CT molecular complexity index is 286. The standard InChI is InChI=1S/C9H6F3/c1-2-7-4-3-5-8(6-7)9(10,11)12/h2-4,6H,1H2. The molecule has 0 aliphatic heterocycles. The van der Waals surface area contributed by atoms with Crippen LogP contribution in [0.4, 0.5) is 13.2 Å². The Hall–Kier alpha value is -1.25.